The zero-order chi connectivity index (χ0) is 11.9. The van der Waals surface area contributed by atoms with Crippen molar-refractivity contribution in [3.05, 3.63) is 11.4 Å². The topological polar surface area (TPSA) is 92.1 Å². The minimum Gasteiger partial charge on any atom is -0.315 e. The van der Waals surface area contributed by atoms with E-state index < -0.39 is 16.2 Å². The van der Waals surface area contributed by atoms with Crippen LogP contribution in [0.5, 0.6) is 0 Å². The molecule has 0 amide bonds. The minimum atomic E-state index is -3.49. The summed E-state index contributed by atoms with van der Waals surface area (Å²) in [5.74, 6) is 0. The highest BCUT2D eigenvalue weighted by Crippen LogP contribution is 2.26. The van der Waals surface area contributed by atoms with Crippen LogP contribution in [0.15, 0.2) is 4.90 Å². The number of aromatic amines is 1. The summed E-state index contributed by atoms with van der Waals surface area (Å²) in [7, 11) is -3.49. The first-order valence-electron chi connectivity index (χ1n) is 5.23. The summed E-state index contributed by atoms with van der Waals surface area (Å²) < 4.78 is 26.0. The Bertz CT molecular complexity index is 474. The largest absolute Gasteiger partial charge is 0.315 e. The van der Waals surface area contributed by atoms with Crippen molar-refractivity contribution in [2.24, 2.45) is 5.73 Å². The van der Waals surface area contributed by atoms with Crippen molar-refractivity contribution in [1.29, 1.82) is 0 Å². The molecule has 0 aliphatic carbocycles. The lowest BCUT2D eigenvalue weighted by Crippen LogP contribution is -2.41. The molecule has 2 rings (SSSR count). The van der Waals surface area contributed by atoms with Crippen molar-refractivity contribution in [2.75, 3.05) is 6.54 Å². The van der Waals surface area contributed by atoms with E-state index in [0.717, 1.165) is 12.8 Å². The standard InChI is InChI=1S/C9H16N4O2S/c1-6-9(7(2)12-11-6)16(14,15)13-5-3-4-8(13)10/h8H,3-5,10H2,1-2H3,(H,11,12). The molecule has 0 bridgehead atoms. The van der Waals surface area contributed by atoms with Crippen LogP contribution in [0.3, 0.4) is 0 Å². The molecule has 1 aromatic rings. The quantitative estimate of drug-likeness (QED) is 0.771. The maximum Gasteiger partial charge on any atom is 0.248 e. The van der Waals surface area contributed by atoms with E-state index in [1.54, 1.807) is 13.8 Å². The number of H-pyrrole nitrogens is 1. The van der Waals surface area contributed by atoms with Crippen molar-refractivity contribution in [1.82, 2.24) is 14.5 Å². The zero-order valence-corrected chi connectivity index (χ0v) is 10.2. The monoisotopic (exact) mass is 244 g/mol. The summed E-state index contributed by atoms with van der Waals surface area (Å²) in [6, 6.07) is 0. The van der Waals surface area contributed by atoms with Crippen LogP contribution >= 0.6 is 0 Å². The Labute approximate surface area is 94.9 Å². The lowest BCUT2D eigenvalue weighted by atomic mass is 10.3. The normalized spacial score (nSPS) is 22.8. The van der Waals surface area contributed by atoms with Gasteiger partial charge in [-0.15, -0.1) is 0 Å². The summed E-state index contributed by atoms with van der Waals surface area (Å²) >= 11 is 0. The highest BCUT2D eigenvalue weighted by atomic mass is 32.2. The first-order valence-corrected chi connectivity index (χ1v) is 6.67. The van der Waals surface area contributed by atoms with Crippen LogP contribution in [-0.2, 0) is 10.0 Å². The van der Waals surface area contributed by atoms with Crippen LogP contribution in [0, 0.1) is 13.8 Å². The van der Waals surface area contributed by atoms with Gasteiger partial charge in [0.15, 0.2) is 0 Å². The Balaban J connectivity index is 2.47. The number of hydrogen-bond donors (Lipinski definition) is 2. The van der Waals surface area contributed by atoms with E-state index in [4.69, 9.17) is 5.73 Å². The van der Waals surface area contributed by atoms with Gasteiger partial charge in [-0.05, 0) is 26.7 Å². The van der Waals surface area contributed by atoms with E-state index in [0.29, 0.717) is 17.9 Å². The Morgan fingerprint density at radius 2 is 2.19 bits per heavy atom. The third kappa shape index (κ3) is 1.64. The predicted octanol–water partition coefficient (Wildman–Crippen LogP) is 0.0958. The van der Waals surface area contributed by atoms with Gasteiger partial charge in [0.1, 0.15) is 4.90 Å². The van der Waals surface area contributed by atoms with Gasteiger partial charge in [-0.25, -0.2) is 8.42 Å². The molecule has 0 spiro atoms. The predicted molar refractivity (Wildman–Crippen MR) is 59.2 cm³/mol. The first-order chi connectivity index (χ1) is 7.44. The van der Waals surface area contributed by atoms with Gasteiger partial charge >= 0.3 is 0 Å². The van der Waals surface area contributed by atoms with E-state index in [-0.39, 0.29) is 4.90 Å². The summed E-state index contributed by atoms with van der Waals surface area (Å²) in [6.45, 7) is 3.88. The fourth-order valence-corrected chi connectivity index (χ4v) is 4.02. The second-order valence-electron chi connectivity index (χ2n) is 4.09. The van der Waals surface area contributed by atoms with E-state index >= 15 is 0 Å². The van der Waals surface area contributed by atoms with E-state index in [1.165, 1.54) is 4.31 Å². The second kappa shape index (κ2) is 3.83. The Morgan fingerprint density at radius 1 is 1.50 bits per heavy atom. The molecule has 90 valence electrons. The van der Waals surface area contributed by atoms with Crippen LogP contribution in [0.1, 0.15) is 24.2 Å². The van der Waals surface area contributed by atoms with Gasteiger partial charge in [-0.1, -0.05) is 0 Å². The number of aryl methyl sites for hydroxylation is 2. The molecule has 1 saturated heterocycles. The molecular formula is C9H16N4O2S. The smallest absolute Gasteiger partial charge is 0.248 e. The summed E-state index contributed by atoms with van der Waals surface area (Å²) in [5, 5.41) is 6.59. The maximum atomic E-state index is 12.3. The van der Waals surface area contributed by atoms with Gasteiger partial charge in [0.05, 0.1) is 17.6 Å². The lowest BCUT2D eigenvalue weighted by molar-refractivity contribution is 0.395. The fraction of sp³-hybridized carbons (Fsp3) is 0.667. The molecule has 6 nitrogen and oxygen atoms in total. The molecule has 1 fully saturated rings. The van der Waals surface area contributed by atoms with Gasteiger partial charge in [0.2, 0.25) is 10.0 Å². The van der Waals surface area contributed by atoms with Gasteiger partial charge in [-0.2, -0.15) is 9.40 Å². The molecular weight excluding hydrogens is 228 g/mol. The van der Waals surface area contributed by atoms with Crippen molar-refractivity contribution < 1.29 is 8.42 Å². The molecule has 2 heterocycles. The Morgan fingerprint density at radius 3 is 2.62 bits per heavy atom. The summed E-state index contributed by atoms with van der Waals surface area (Å²) in [6.07, 6.45) is 1.13. The SMILES string of the molecule is Cc1n[nH]c(C)c1S(=O)(=O)N1CCCC1N. The average molecular weight is 244 g/mol. The minimum absolute atomic E-state index is 0.268. The number of aromatic nitrogens is 2. The van der Waals surface area contributed by atoms with Crippen LogP contribution < -0.4 is 5.73 Å². The van der Waals surface area contributed by atoms with Crippen molar-refractivity contribution >= 4 is 10.0 Å². The molecule has 16 heavy (non-hydrogen) atoms. The Hall–Kier alpha value is -0.920. The average Bonchev–Trinajstić information content (AvgIpc) is 2.73. The van der Waals surface area contributed by atoms with Crippen molar-refractivity contribution in [3.8, 4) is 0 Å². The van der Waals surface area contributed by atoms with Crippen molar-refractivity contribution in [2.45, 2.75) is 37.8 Å². The number of sulfonamides is 1. The number of nitrogens with zero attached hydrogens (tertiary/aromatic N) is 2. The number of nitrogens with two attached hydrogens (primary N) is 1. The highest BCUT2D eigenvalue weighted by Gasteiger charge is 2.35. The summed E-state index contributed by atoms with van der Waals surface area (Å²) in [5.41, 5.74) is 6.85. The number of nitrogens with one attached hydrogen (secondary N) is 1. The van der Waals surface area contributed by atoms with E-state index in [2.05, 4.69) is 10.2 Å². The molecule has 1 aliphatic rings. The van der Waals surface area contributed by atoms with Gasteiger partial charge in [-0.3, -0.25) is 5.10 Å². The summed E-state index contributed by atoms with van der Waals surface area (Å²) in [4.78, 5) is 0.268. The molecule has 1 aromatic heterocycles. The maximum absolute atomic E-state index is 12.3. The van der Waals surface area contributed by atoms with Crippen LogP contribution in [0.25, 0.3) is 0 Å². The zero-order valence-electron chi connectivity index (χ0n) is 9.40. The van der Waals surface area contributed by atoms with Crippen LogP contribution in [0.2, 0.25) is 0 Å². The first kappa shape index (κ1) is 11.6. The van der Waals surface area contributed by atoms with Gasteiger partial charge in [0, 0.05) is 6.54 Å². The molecule has 1 unspecified atom stereocenters. The molecule has 1 atom stereocenters. The molecule has 7 heteroatoms. The number of hydrogen-bond acceptors (Lipinski definition) is 4. The molecule has 1 aliphatic heterocycles. The number of rotatable bonds is 2. The fourth-order valence-electron chi connectivity index (χ4n) is 2.10. The molecule has 3 N–H and O–H groups in total. The molecule has 0 saturated carbocycles. The third-order valence-electron chi connectivity index (χ3n) is 2.88. The van der Waals surface area contributed by atoms with E-state index in [9.17, 15) is 8.42 Å². The van der Waals surface area contributed by atoms with Crippen LogP contribution in [0.4, 0.5) is 0 Å². The highest BCUT2D eigenvalue weighted by molar-refractivity contribution is 7.89. The molecule has 0 aromatic carbocycles. The lowest BCUT2D eigenvalue weighted by Gasteiger charge is -2.20. The van der Waals surface area contributed by atoms with Crippen LogP contribution in [-0.4, -0.2) is 35.6 Å². The second-order valence-corrected chi connectivity index (χ2v) is 5.92. The van der Waals surface area contributed by atoms with Gasteiger partial charge in [0.25, 0.3) is 0 Å². The van der Waals surface area contributed by atoms with E-state index in [1.807, 2.05) is 0 Å². The molecule has 0 radical (unpaired) electrons. The van der Waals surface area contributed by atoms with Gasteiger partial charge < -0.3 is 5.73 Å². The van der Waals surface area contributed by atoms with Crippen molar-refractivity contribution in [3.63, 3.8) is 0 Å². The third-order valence-corrected chi connectivity index (χ3v) is 5.06. The Kier molecular flexibility index (Phi) is 2.77.